The van der Waals surface area contributed by atoms with E-state index in [1.165, 1.54) is 15.9 Å². The Morgan fingerprint density at radius 2 is 1.88 bits per heavy atom. The Morgan fingerprint density at radius 3 is 2.55 bits per heavy atom. The zero-order valence-electron chi connectivity index (χ0n) is 18.6. The number of aromatic nitrogens is 1. The van der Waals surface area contributed by atoms with Gasteiger partial charge >= 0.3 is 5.97 Å². The zero-order chi connectivity index (χ0) is 23.5. The number of thiazole rings is 1. The van der Waals surface area contributed by atoms with E-state index in [1.807, 2.05) is 31.2 Å². The summed E-state index contributed by atoms with van der Waals surface area (Å²) in [6.07, 6.45) is 1.64. The Balaban J connectivity index is 1.93. The number of hydrogen-bond donors (Lipinski definition) is 1. The quantitative estimate of drug-likeness (QED) is 0.567. The topological polar surface area (TPSA) is 90.1 Å². The van der Waals surface area contributed by atoms with Gasteiger partial charge in [-0.1, -0.05) is 41.7 Å². The predicted molar refractivity (Wildman–Crippen MR) is 126 cm³/mol. The summed E-state index contributed by atoms with van der Waals surface area (Å²) in [6, 6.07) is 13.4. The highest BCUT2D eigenvalue weighted by Gasteiger charge is 2.33. The SMILES string of the molecule is CCOC(=O)C1=C(C)N=c2s/c(=C\c3ccccc3O)c(=O)n2[C@@H]1c1ccc(OCC)cc1. The summed E-state index contributed by atoms with van der Waals surface area (Å²) in [6.45, 7) is 6.13. The fourth-order valence-electron chi connectivity index (χ4n) is 3.77. The molecule has 0 aliphatic carbocycles. The molecule has 1 aliphatic heterocycles. The molecule has 0 saturated heterocycles. The summed E-state index contributed by atoms with van der Waals surface area (Å²) in [5.74, 6) is 0.272. The van der Waals surface area contributed by atoms with Gasteiger partial charge in [0.15, 0.2) is 4.80 Å². The molecule has 0 fully saturated rings. The molecule has 33 heavy (non-hydrogen) atoms. The third-order valence-electron chi connectivity index (χ3n) is 5.25. The first-order chi connectivity index (χ1) is 15.9. The number of carbonyl (C=O) groups excluding carboxylic acids is 1. The van der Waals surface area contributed by atoms with Crippen molar-refractivity contribution >= 4 is 23.4 Å². The van der Waals surface area contributed by atoms with Crippen LogP contribution < -0.4 is 19.6 Å². The van der Waals surface area contributed by atoms with Crippen molar-refractivity contribution in [2.45, 2.75) is 26.8 Å². The summed E-state index contributed by atoms with van der Waals surface area (Å²) in [5, 5.41) is 10.1. The van der Waals surface area contributed by atoms with Gasteiger partial charge in [-0.2, -0.15) is 0 Å². The van der Waals surface area contributed by atoms with Gasteiger partial charge in [-0.25, -0.2) is 9.79 Å². The number of para-hydroxylation sites is 1. The Bertz CT molecular complexity index is 1400. The minimum atomic E-state index is -0.692. The van der Waals surface area contributed by atoms with Crippen LogP contribution >= 0.6 is 11.3 Å². The minimum absolute atomic E-state index is 0.0785. The summed E-state index contributed by atoms with van der Waals surface area (Å²) < 4.78 is 12.8. The highest BCUT2D eigenvalue weighted by atomic mass is 32.1. The van der Waals surface area contributed by atoms with Crippen LogP contribution in [0.4, 0.5) is 0 Å². The molecule has 1 aromatic heterocycles. The number of hydrogen-bond acceptors (Lipinski definition) is 7. The van der Waals surface area contributed by atoms with Crippen LogP contribution in [0.3, 0.4) is 0 Å². The van der Waals surface area contributed by atoms with E-state index >= 15 is 0 Å². The third-order valence-corrected chi connectivity index (χ3v) is 6.23. The lowest BCUT2D eigenvalue weighted by atomic mass is 9.96. The van der Waals surface area contributed by atoms with Crippen molar-refractivity contribution in [3.05, 3.63) is 90.6 Å². The number of aromatic hydroxyl groups is 1. The number of esters is 1. The van der Waals surface area contributed by atoms with E-state index in [4.69, 9.17) is 9.47 Å². The maximum atomic E-state index is 13.5. The summed E-state index contributed by atoms with van der Waals surface area (Å²) in [4.78, 5) is 31.5. The number of benzene rings is 2. The van der Waals surface area contributed by atoms with Gasteiger partial charge in [-0.3, -0.25) is 9.36 Å². The molecule has 170 valence electrons. The van der Waals surface area contributed by atoms with Crippen molar-refractivity contribution in [3.63, 3.8) is 0 Å². The first-order valence-electron chi connectivity index (χ1n) is 10.6. The second-order valence-electron chi connectivity index (χ2n) is 7.36. The summed E-state index contributed by atoms with van der Waals surface area (Å²) >= 11 is 1.21. The van der Waals surface area contributed by atoms with Crippen LogP contribution in [0.15, 0.2) is 69.6 Å². The second kappa shape index (κ2) is 9.46. The van der Waals surface area contributed by atoms with Crippen LogP contribution in [0.1, 0.15) is 37.9 Å². The minimum Gasteiger partial charge on any atom is -0.507 e. The van der Waals surface area contributed by atoms with Crippen LogP contribution in [0.5, 0.6) is 11.5 Å². The van der Waals surface area contributed by atoms with Crippen molar-refractivity contribution < 1.29 is 19.4 Å². The molecule has 0 bridgehead atoms. The number of phenolic OH excluding ortho intramolecular Hbond substituents is 1. The maximum Gasteiger partial charge on any atom is 0.338 e. The number of ether oxygens (including phenoxy) is 2. The van der Waals surface area contributed by atoms with Gasteiger partial charge < -0.3 is 14.6 Å². The number of carbonyl (C=O) groups is 1. The van der Waals surface area contributed by atoms with Crippen LogP contribution in [0.25, 0.3) is 6.08 Å². The lowest BCUT2D eigenvalue weighted by Crippen LogP contribution is -2.39. The molecule has 8 heteroatoms. The van der Waals surface area contributed by atoms with Gasteiger partial charge in [-0.15, -0.1) is 0 Å². The fourth-order valence-corrected chi connectivity index (χ4v) is 4.81. The van der Waals surface area contributed by atoms with Crippen LogP contribution in [0.2, 0.25) is 0 Å². The molecule has 0 amide bonds. The largest absolute Gasteiger partial charge is 0.507 e. The number of phenols is 1. The van der Waals surface area contributed by atoms with Gasteiger partial charge in [-0.05, 0) is 50.6 Å². The van der Waals surface area contributed by atoms with Crippen molar-refractivity contribution in [1.29, 1.82) is 0 Å². The van der Waals surface area contributed by atoms with E-state index in [9.17, 15) is 14.7 Å². The van der Waals surface area contributed by atoms with E-state index in [2.05, 4.69) is 4.99 Å². The second-order valence-corrected chi connectivity index (χ2v) is 8.37. The van der Waals surface area contributed by atoms with E-state index in [0.717, 1.165) is 5.56 Å². The van der Waals surface area contributed by atoms with Crippen molar-refractivity contribution in [2.24, 2.45) is 4.99 Å². The Labute approximate surface area is 194 Å². The lowest BCUT2D eigenvalue weighted by Gasteiger charge is -2.24. The fraction of sp³-hybridized carbons (Fsp3) is 0.240. The molecular weight excluding hydrogens is 440 g/mol. The molecule has 4 rings (SSSR count). The van der Waals surface area contributed by atoms with Crippen LogP contribution in [0, 0.1) is 0 Å². The lowest BCUT2D eigenvalue weighted by molar-refractivity contribution is -0.139. The molecule has 2 aromatic carbocycles. The standard InChI is InChI=1S/C25H24N2O5S/c1-4-31-18-12-10-16(11-13-18)22-21(24(30)32-5-2)15(3)26-25-27(22)23(29)20(33-25)14-17-8-6-7-9-19(17)28/h6-14,22,28H,4-5H2,1-3H3/b20-14-/t22-/m1/s1. The van der Waals surface area contributed by atoms with E-state index in [1.54, 1.807) is 44.2 Å². The van der Waals surface area contributed by atoms with E-state index in [0.29, 0.717) is 38.5 Å². The highest BCUT2D eigenvalue weighted by molar-refractivity contribution is 7.07. The molecule has 7 nitrogen and oxygen atoms in total. The molecule has 1 N–H and O–H groups in total. The van der Waals surface area contributed by atoms with Crippen molar-refractivity contribution in [2.75, 3.05) is 13.2 Å². The van der Waals surface area contributed by atoms with Crippen molar-refractivity contribution in [1.82, 2.24) is 4.57 Å². The maximum absolute atomic E-state index is 13.5. The normalized spacial score (nSPS) is 15.7. The van der Waals surface area contributed by atoms with Crippen molar-refractivity contribution in [3.8, 4) is 11.5 Å². The molecule has 1 aliphatic rings. The Morgan fingerprint density at radius 1 is 1.15 bits per heavy atom. The molecule has 0 spiro atoms. The van der Waals surface area contributed by atoms with Gasteiger partial charge in [0, 0.05) is 5.56 Å². The zero-order valence-corrected chi connectivity index (χ0v) is 19.4. The van der Waals surface area contributed by atoms with E-state index in [-0.39, 0.29) is 17.9 Å². The molecule has 0 unspecified atom stereocenters. The average molecular weight is 465 g/mol. The average Bonchev–Trinajstić information content (AvgIpc) is 3.10. The number of allylic oxidation sites excluding steroid dienone is 1. The molecule has 1 atom stereocenters. The first kappa shape index (κ1) is 22.5. The number of nitrogens with zero attached hydrogens (tertiary/aromatic N) is 2. The molecular formula is C25H24N2O5S. The number of rotatable bonds is 6. The van der Waals surface area contributed by atoms with Gasteiger partial charge in [0.05, 0.1) is 35.1 Å². The first-order valence-corrected chi connectivity index (χ1v) is 11.5. The van der Waals surface area contributed by atoms with Crippen LogP contribution in [-0.2, 0) is 9.53 Å². The number of fused-ring (bicyclic) bond motifs is 1. The molecule has 3 aromatic rings. The predicted octanol–water partition coefficient (Wildman–Crippen LogP) is 2.90. The summed E-state index contributed by atoms with van der Waals surface area (Å²) in [5.41, 5.74) is 1.80. The van der Waals surface area contributed by atoms with Crippen LogP contribution in [-0.4, -0.2) is 28.9 Å². The van der Waals surface area contributed by atoms with Gasteiger partial charge in [0.2, 0.25) is 0 Å². The third kappa shape index (κ3) is 4.34. The molecule has 2 heterocycles. The van der Waals surface area contributed by atoms with E-state index < -0.39 is 12.0 Å². The highest BCUT2D eigenvalue weighted by Crippen LogP contribution is 2.31. The monoisotopic (exact) mass is 464 g/mol. The Hall–Kier alpha value is -3.65. The smallest absolute Gasteiger partial charge is 0.338 e. The van der Waals surface area contributed by atoms with Gasteiger partial charge in [0.1, 0.15) is 11.5 Å². The van der Waals surface area contributed by atoms with Gasteiger partial charge in [0.25, 0.3) is 5.56 Å². The Kier molecular flexibility index (Phi) is 6.46. The molecule has 0 radical (unpaired) electrons. The summed E-state index contributed by atoms with van der Waals surface area (Å²) in [7, 11) is 0. The molecule has 0 saturated carbocycles.